The van der Waals surface area contributed by atoms with Crippen molar-refractivity contribution < 1.29 is 30.7 Å². The number of nitrogens with zero attached hydrogens (tertiary/aromatic N) is 1. The summed E-state index contributed by atoms with van der Waals surface area (Å²) in [7, 11) is -4.37. The molecule has 0 aliphatic heterocycles. The molecule has 0 bridgehead atoms. The van der Waals surface area contributed by atoms with Gasteiger partial charge in [-0.2, -0.15) is 21.6 Å². The Bertz CT molecular complexity index is 612. The molecule has 0 spiro atoms. The van der Waals surface area contributed by atoms with E-state index in [9.17, 15) is 31.7 Å². The summed E-state index contributed by atoms with van der Waals surface area (Å²) in [5, 5.41) is 10.5. The van der Waals surface area contributed by atoms with Crippen LogP contribution in [0.2, 0.25) is 0 Å². The van der Waals surface area contributed by atoms with Crippen molar-refractivity contribution in [1.29, 1.82) is 0 Å². The van der Waals surface area contributed by atoms with Crippen molar-refractivity contribution in [2.75, 3.05) is 6.61 Å². The maximum atomic E-state index is 12.7. The predicted octanol–water partition coefficient (Wildman–Crippen LogP) is 2.73. The monoisotopic (exact) mass is 313 g/mol. The van der Waals surface area contributed by atoms with E-state index in [4.69, 9.17) is 0 Å². The number of benzene rings is 1. The molecule has 1 aromatic carbocycles. The lowest BCUT2D eigenvalue weighted by molar-refractivity contribution is -0.388. The molecule has 0 N–H and O–H groups in total. The van der Waals surface area contributed by atoms with Gasteiger partial charge in [0, 0.05) is 6.07 Å². The van der Waals surface area contributed by atoms with E-state index in [2.05, 4.69) is 4.18 Å². The van der Waals surface area contributed by atoms with Crippen LogP contribution in [-0.2, 0) is 20.5 Å². The second-order valence-electron chi connectivity index (χ2n) is 3.71. The van der Waals surface area contributed by atoms with E-state index >= 15 is 0 Å². The first-order chi connectivity index (χ1) is 9.09. The van der Waals surface area contributed by atoms with Crippen LogP contribution < -0.4 is 0 Å². The van der Waals surface area contributed by atoms with Crippen LogP contribution in [0.5, 0.6) is 0 Å². The summed E-state index contributed by atoms with van der Waals surface area (Å²) in [6, 6.07) is 1.40. The number of nitro groups is 1. The number of rotatable bonds is 5. The van der Waals surface area contributed by atoms with E-state index in [1.54, 1.807) is 6.92 Å². The van der Waals surface area contributed by atoms with Gasteiger partial charge < -0.3 is 0 Å². The second-order valence-corrected chi connectivity index (χ2v) is 5.33. The van der Waals surface area contributed by atoms with Gasteiger partial charge in [-0.3, -0.25) is 14.3 Å². The molecule has 0 amide bonds. The van der Waals surface area contributed by atoms with E-state index < -0.39 is 37.4 Å². The molecule has 10 heteroatoms. The Morgan fingerprint density at radius 3 is 2.40 bits per heavy atom. The number of hydrogen-bond acceptors (Lipinski definition) is 5. The van der Waals surface area contributed by atoms with Gasteiger partial charge in [0.15, 0.2) is 0 Å². The van der Waals surface area contributed by atoms with Crippen molar-refractivity contribution in [3.63, 3.8) is 0 Å². The normalized spacial score (nSPS) is 12.4. The van der Waals surface area contributed by atoms with E-state index in [0.29, 0.717) is 18.6 Å². The van der Waals surface area contributed by atoms with E-state index in [-0.39, 0.29) is 12.7 Å². The Kier molecular flexibility index (Phi) is 4.71. The second kappa shape index (κ2) is 5.75. The molecule has 0 atom stereocenters. The Labute approximate surface area is 112 Å². The molecule has 0 aliphatic carbocycles. The summed E-state index contributed by atoms with van der Waals surface area (Å²) in [6.45, 7) is 1.42. The SMILES string of the molecule is CCCOS(=O)(=O)c1ccc([N+](=O)[O-])c(C(F)(F)F)c1. The Balaban J connectivity index is 3.37. The lowest BCUT2D eigenvalue weighted by Crippen LogP contribution is -2.12. The molecule has 0 saturated carbocycles. The summed E-state index contributed by atoms with van der Waals surface area (Å²) in [4.78, 5) is 8.52. The highest BCUT2D eigenvalue weighted by atomic mass is 32.2. The molecule has 112 valence electrons. The van der Waals surface area contributed by atoms with Gasteiger partial charge in [-0.25, -0.2) is 0 Å². The first kappa shape index (κ1) is 16.4. The fourth-order valence-corrected chi connectivity index (χ4v) is 2.34. The van der Waals surface area contributed by atoms with Crippen LogP contribution in [-0.4, -0.2) is 19.9 Å². The van der Waals surface area contributed by atoms with Crippen molar-refractivity contribution in [3.05, 3.63) is 33.9 Å². The number of alkyl halides is 3. The lowest BCUT2D eigenvalue weighted by atomic mass is 10.2. The molecule has 0 fully saturated rings. The van der Waals surface area contributed by atoms with E-state index in [1.165, 1.54) is 0 Å². The predicted molar refractivity (Wildman–Crippen MR) is 61.5 cm³/mol. The van der Waals surface area contributed by atoms with Gasteiger partial charge in [0.05, 0.1) is 16.4 Å². The van der Waals surface area contributed by atoms with Crippen LogP contribution in [0.15, 0.2) is 23.1 Å². The Hall–Kier alpha value is -1.68. The summed E-state index contributed by atoms with van der Waals surface area (Å²) >= 11 is 0. The summed E-state index contributed by atoms with van der Waals surface area (Å²) in [6.07, 6.45) is -4.70. The number of hydrogen-bond donors (Lipinski definition) is 0. The van der Waals surface area contributed by atoms with E-state index in [0.717, 1.165) is 0 Å². The number of nitro benzene ring substituents is 1. The fourth-order valence-electron chi connectivity index (χ4n) is 1.32. The van der Waals surface area contributed by atoms with Gasteiger partial charge in [0.25, 0.3) is 15.8 Å². The quantitative estimate of drug-likeness (QED) is 0.474. The molecule has 0 aliphatic rings. The van der Waals surface area contributed by atoms with Gasteiger partial charge in [-0.1, -0.05) is 6.92 Å². The zero-order valence-electron chi connectivity index (χ0n) is 10.2. The Morgan fingerprint density at radius 2 is 1.95 bits per heavy atom. The molecular formula is C10H10F3NO5S. The van der Waals surface area contributed by atoms with Crippen molar-refractivity contribution in [3.8, 4) is 0 Å². The van der Waals surface area contributed by atoms with Crippen molar-refractivity contribution in [2.24, 2.45) is 0 Å². The molecule has 0 radical (unpaired) electrons. The fraction of sp³-hybridized carbons (Fsp3) is 0.400. The van der Waals surface area contributed by atoms with Crippen molar-refractivity contribution in [1.82, 2.24) is 0 Å². The summed E-state index contributed by atoms with van der Waals surface area (Å²) in [5.41, 5.74) is -2.85. The lowest BCUT2D eigenvalue weighted by Gasteiger charge is -2.10. The highest BCUT2D eigenvalue weighted by Gasteiger charge is 2.39. The van der Waals surface area contributed by atoms with Crippen LogP contribution in [0.25, 0.3) is 0 Å². The molecule has 0 unspecified atom stereocenters. The standard InChI is InChI=1S/C10H10F3NO5S/c1-2-5-19-20(17,18)7-3-4-9(14(15)16)8(6-7)10(11,12)13/h3-4,6H,2,5H2,1H3. The maximum absolute atomic E-state index is 12.7. The van der Waals surface area contributed by atoms with Gasteiger partial charge in [0.1, 0.15) is 5.56 Å². The molecule has 20 heavy (non-hydrogen) atoms. The molecule has 0 aromatic heterocycles. The van der Waals surface area contributed by atoms with Crippen molar-refractivity contribution in [2.45, 2.75) is 24.4 Å². The highest BCUT2D eigenvalue weighted by Crippen LogP contribution is 2.37. The minimum Gasteiger partial charge on any atom is -0.266 e. The van der Waals surface area contributed by atoms with Crippen molar-refractivity contribution >= 4 is 15.8 Å². The number of halogens is 3. The van der Waals surface area contributed by atoms with Crippen LogP contribution in [0, 0.1) is 10.1 Å². The zero-order valence-corrected chi connectivity index (χ0v) is 11.0. The van der Waals surface area contributed by atoms with Crippen LogP contribution in [0.1, 0.15) is 18.9 Å². The smallest absolute Gasteiger partial charge is 0.266 e. The van der Waals surface area contributed by atoms with Crippen LogP contribution in [0.4, 0.5) is 18.9 Å². The van der Waals surface area contributed by atoms with Crippen LogP contribution >= 0.6 is 0 Å². The molecule has 1 aromatic rings. The Morgan fingerprint density at radius 1 is 1.35 bits per heavy atom. The zero-order chi connectivity index (χ0) is 15.6. The molecule has 6 nitrogen and oxygen atoms in total. The first-order valence-corrected chi connectivity index (χ1v) is 6.75. The van der Waals surface area contributed by atoms with Gasteiger partial charge in [-0.15, -0.1) is 0 Å². The molecule has 0 saturated heterocycles. The minimum absolute atomic E-state index is 0.194. The topological polar surface area (TPSA) is 86.5 Å². The maximum Gasteiger partial charge on any atom is 0.423 e. The minimum atomic E-state index is -5.04. The molecule has 0 heterocycles. The third-order valence-corrected chi connectivity index (χ3v) is 3.51. The van der Waals surface area contributed by atoms with E-state index in [1.807, 2.05) is 0 Å². The molecular weight excluding hydrogens is 303 g/mol. The third kappa shape index (κ3) is 3.67. The first-order valence-electron chi connectivity index (χ1n) is 5.34. The largest absolute Gasteiger partial charge is 0.423 e. The molecule has 1 rings (SSSR count). The third-order valence-electron chi connectivity index (χ3n) is 2.20. The van der Waals surface area contributed by atoms with Gasteiger partial charge in [-0.05, 0) is 18.6 Å². The average molecular weight is 313 g/mol. The van der Waals surface area contributed by atoms with Gasteiger partial charge in [0.2, 0.25) is 0 Å². The highest BCUT2D eigenvalue weighted by molar-refractivity contribution is 7.86. The average Bonchev–Trinajstić information content (AvgIpc) is 2.34. The summed E-state index contributed by atoms with van der Waals surface area (Å²) < 4.78 is 65.7. The summed E-state index contributed by atoms with van der Waals surface area (Å²) in [5.74, 6) is 0. The van der Waals surface area contributed by atoms with Crippen LogP contribution in [0.3, 0.4) is 0 Å². The van der Waals surface area contributed by atoms with Gasteiger partial charge >= 0.3 is 6.18 Å².